The highest BCUT2D eigenvalue weighted by atomic mass is 127. The second-order valence-corrected chi connectivity index (χ2v) is 7.86. The number of guanidine groups is 1. The Kier molecular flexibility index (Phi) is 11.0. The van der Waals surface area contributed by atoms with Crippen molar-refractivity contribution in [3.8, 4) is 5.75 Å². The molecule has 0 bridgehead atoms. The minimum Gasteiger partial charge on any atom is -0.495 e. The summed E-state index contributed by atoms with van der Waals surface area (Å²) in [6.07, 6.45) is 0. The van der Waals surface area contributed by atoms with Crippen LogP contribution in [0.15, 0.2) is 29.3 Å². The predicted octanol–water partition coefficient (Wildman–Crippen LogP) is 2.37. The van der Waals surface area contributed by atoms with E-state index in [0.717, 1.165) is 83.8 Å². The Morgan fingerprint density at radius 3 is 2.50 bits per heavy atom. The Bertz CT molecular complexity index is 646. The Hall–Kier alpha value is -1.26. The molecule has 2 saturated heterocycles. The van der Waals surface area contributed by atoms with Crippen molar-refractivity contribution >= 4 is 35.6 Å². The van der Waals surface area contributed by atoms with Gasteiger partial charge in [-0.2, -0.15) is 0 Å². The van der Waals surface area contributed by atoms with Crippen molar-refractivity contribution in [2.45, 2.75) is 13.8 Å². The molecule has 2 fully saturated rings. The van der Waals surface area contributed by atoms with E-state index in [1.54, 1.807) is 7.11 Å². The molecule has 1 unspecified atom stereocenters. The number of nitrogens with zero attached hydrogens (tertiary/aromatic N) is 4. The molecule has 2 aliphatic heterocycles. The predicted molar refractivity (Wildman–Crippen MR) is 135 cm³/mol. The van der Waals surface area contributed by atoms with Gasteiger partial charge in [0.05, 0.1) is 26.0 Å². The second kappa shape index (κ2) is 13.2. The number of anilines is 1. The highest BCUT2D eigenvalue weighted by Crippen LogP contribution is 2.28. The Morgan fingerprint density at radius 2 is 1.83 bits per heavy atom. The van der Waals surface area contributed by atoms with Crippen LogP contribution in [0.25, 0.3) is 0 Å². The molecular weight excluding hydrogens is 493 g/mol. The van der Waals surface area contributed by atoms with E-state index in [0.29, 0.717) is 5.92 Å². The number of rotatable bonds is 7. The molecule has 0 radical (unpaired) electrons. The summed E-state index contributed by atoms with van der Waals surface area (Å²) in [4.78, 5) is 12.2. The fraction of sp³-hybridized carbons (Fsp3) is 0.682. The van der Waals surface area contributed by atoms with Crippen LogP contribution in [0.5, 0.6) is 5.75 Å². The Labute approximate surface area is 198 Å². The van der Waals surface area contributed by atoms with Gasteiger partial charge in [-0.15, -0.1) is 24.0 Å². The molecule has 30 heavy (non-hydrogen) atoms. The summed E-state index contributed by atoms with van der Waals surface area (Å²) in [6.45, 7) is 14.9. The van der Waals surface area contributed by atoms with Gasteiger partial charge in [0.25, 0.3) is 0 Å². The van der Waals surface area contributed by atoms with Gasteiger partial charge in [0.2, 0.25) is 0 Å². The highest BCUT2D eigenvalue weighted by molar-refractivity contribution is 14.0. The molecule has 7 nitrogen and oxygen atoms in total. The molecule has 8 heteroatoms. The van der Waals surface area contributed by atoms with Gasteiger partial charge < -0.3 is 24.6 Å². The summed E-state index contributed by atoms with van der Waals surface area (Å²) >= 11 is 0. The molecule has 0 spiro atoms. The van der Waals surface area contributed by atoms with Gasteiger partial charge in [-0.1, -0.05) is 19.1 Å². The second-order valence-electron chi connectivity index (χ2n) is 7.86. The number of hydrogen-bond donors (Lipinski definition) is 1. The lowest BCUT2D eigenvalue weighted by molar-refractivity contribution is 0.0323. The fourth-order valence-electron chi connectivity index (χ4n) is 4.00. The molecule has 1 aromatic carbocycles. The summed E-state index contributed by atoms with van der Waals surface area (Å²) in [5.41, 5.74) is 1.18. The zero-order valence-corrected chi connectivity index (χ0v) is 21.0. The maximum absolute atomic E-state index is 5.54. The van der Waals surface area contributed by atoms with E-state index in [-0.39, 0.29) is 24.0 Å². The molecular formula is C22H38IN5O2. The number of aliphatic imine (C=N–C) groups is 1. The standard InChI is InChI=1S/C22H37N5O2.HI/c1-4-23-22(24-17-19(2)18-25-13-15-29-16-14-25)27-11-9-26(10-12-27)20-7-5-6-8-21(20)28-3;/h5-8,19H,4,9-18H2,1-3H3,(H,23,24);1H. The largest absolute Gasteiger partial charge is 0.495 e. The van der Waals surface area contributed by atoms with Crippen LogP contribution in [0, 0.1) is 5.92 Å². The third-order valence-electron chi connectivity index (χ3n) is 5.57. The van der Waals surface area contributed by atoms with Crippen LogP contribution < -0.4 is 15.0 Å². The first-order valence-corrected chi connectivity index (χ1v) is 10.9. The average molecular weight is 531 g/mol. The van der Waals surface area contributed by atoms with Gasteiger partial charge in [0.15, 0.2) is 5.96 Å². The normalized spacial score (nSPS) is 19.2. The number of halogens is 1. The van der Waals surface area contributed by atoms with Crippen molar-refractivity contribution in [2.24, 2.45) is 10.9 Å². The van der Waals surface area contributed by atoms with E-state index >= 15 is 0 Å². The molecule has 0 aliphatic carbocycles. The number of hydrogen-bond acceptors (Lipinski definition) is 5. The zero-order chi connectivity index (χ0) is 20.5. The van der Waals surface area contributed by atoms with Crippen molar-refractivity contribution in [1.29, 1.82) is 0 Å². The van der Waals surface area contributed by atoms with Crippen molar-refractivity contribution in [3.05, 3.63) is 24.3 Å². The topological polar surface area (TPSA) is 52.6 Å². The average Bonchev–Trinajstić information content (AvgIpc) is 2.77. The van der Waals surface area contributed by atoms with E-state index in [4.69, 9.17) is 14.5 Å². The first-order chi connectivity index (χ1) is 14.2. The first-order valence-electron chi connectivity index (χ1n) is 10.9. The van der Waals surface area contributed by atoms with Crippen molar-refractivity contribution in [1.82, 2.24) is 15.1 Å². The monoisotopic (exact) mass is 531 g/mol. The first kappa shape index (κ1) is 25.0. The summed E-state index contributed by atoms with van der Waals surface area (Å²) in [7, 11) is 1.74. The smallest absolute Gasteiger partial charge is 0.194 e. The molecule has 1 N–H and O–H groups in total. The Balaban J connectivity index is 0.00000320. The molecule has 0 aromatic heterocycles. The third kappa shape index (κ3) is 7.16. The molecule has 0 amide bonds. The van der Waals surface area contributed by atoms with Crippen molar-refractivity contribution in [2.75, 3.05) is 84.1 Å². The lowest BCUT2D eigenvalue weighted by Crippen LogP contribution is -2.52. The quantitative estimate of drug-likeness (QED) is 0.332. The van der Waals surface area contributed by atoms with Gasteiger partial charge in [-0.05, 0) is 25.0 Å². The van der Waals surface area contributed by atoms with Crippen molar-refractivity contribution in [3.63, 3.8) is 0 Å². The number of benzene rings is 1. The minimum atomic E-state index is 0. The molecule has 2 aliphatic rings. The lowest BCUT2D eigenvalue weighted by atomic mass is 10.1. The molecule has 170 valence electrons. The van der Waals surface area contributed by atoms with Crippen molar-refractivity contribution < 1.29 is 9.47 Å². The fourth-order valence-corrected chi connectivity index (χ4v) is 4.00. The summed E-state index contributed by atoms with van der Waals surface area (Å²) in [6, 6.07) is 8.27. The van der Waals surface area contributed by atoms with Crippen LogP contribution in [0.2, 0.25) is 0 Å². The van der Waals surface area contributed by atoms with Gasteiger partial charge in [0, 0.05) is 58.9 Å². The van der Waals surface area contributed by atoms with Crippen LogP contribution in [-0.4, -0.2) is 95.0 Å². The number of piperazine rings is 1. The van der Waals surface area contributed by atoms with Crippen LogP contribution in [0.3, 0.4) is 0 Å². The number of methoxy groups -OCH3 is 1. The minimum absolute atomic E-state index is 0. The van der Waals surface area contributed by atoms with Crippen LogP contribution >= 0.6 is 24.0 Å². The molecule has 1 atom stereocenters. The van der Waals surface area contributed by atoms with Crippen LogP contribution in [-0.2, 0) is 4.74 Å². The molecule has 1 aromatic rings. The van der Waals surface area contributed by atoms with Gasteiger partial charge in [0.1, 0.15) is 5.75 Å². The zero-order valence-electron chi connectivity index (χ0n) is 18.7. The third-order valence-corrected chi connectivity index (χ3v) is 5.57. The summed E-state index contributed by atoms with van der Waals surface area (Å²) in [5, 5.41) is 3.49. The molecule has 2 heterocycles. The SMILES string of the molecule is CCNC(=NCC(C)CN1CCOCC1)N1CCN(c2ccccc2OC)CC1.I. The van der Waals surface area contributed by atoms with E-state index < -0.39 is 0 Å². The highest BCUT2D eigenvalue weighted by Gasteiger charge is 2.22. The number of nitrogens with one attached hydrogen (secondary N) is 1. The number of ether oxygens (including phenoxy) is 2. The number of para-hydroxylation sites is 2. The molecule has 3 rings (SSSR count). The maximum atomic E-state index is 5.54. The molecule has 0 saturated carbocycles. The van der Waals surface area contributed by atoms with Crippen LogP contribution in [0.4, 0.5) is 5.69 Å². The Morgan fingerprint density at radius 1 is 1.13 bits per heavy atom. The summed E-state index contributed by atoms with van der Waals surface area (Å²) < 4.78 is 11.0. The van der Waals surface area contributed by atoms with E-state index in [1.807, 2.05) is 12.1 Å². The van der Waals surface area contributed by atoms with E-state index in [2.05, 4.69) is 46.0 Å². The van der Waals surface area contributed by atoms with E-state index in [1.165, 1.54) is 5.69 Å². The van der Waals surface area contributed by atoms with Gasteiger partial charge in [-0.25, -0.2) is 0 Å². The van der Waals surface area contributed by atoms with Gasteiger partial charge >= 0.3 is 0 Å². The number of morpholine rings is 1. The van der Waals surface area contributed by atoms with E-state index in [9.17, 15) is 0 Å². The maximum Gasteiger partial charge on any atom is 0.194 e. The van der Waals surface area contributed by atoms with Gasteiger partial charge in [-0.3, -0.25) is 9.89 Å². The van der Waals surface area contributed by atoms with Crippen LogP contribution in [0.1, 0.15) is 13.8 Å². The summed E-state index contributed by atoms with van der Waals surface area (Å²) in [5.74, 6) is 2.52. The lowest BCUT2D eigenvalue weighted by Gasteiger charge is -2.38.